The first-order valence-corrected chi connectivity index (χ1v) is 10.6. The predicted molar refractivity (Wildman–Crippen MR) is 116 cm³/mol. The van der Waals surface area contributed by atoms with Gasteiger partial charge in [0.2, 0.25) is 0 Å². The molecule has 0 bridgehead atoms. The Morgan fingerprint density at radius 1 is 1.10 bits per heavy atom. The number of carbonyl (C=O) groups is 2. The minimum absolute atomic E-state index is 0.0610. The zero-order valence-electron chi connectivity index (χ0n) is 18.0. The first-order valence-electron chi connectivity index (χ1n) is 10.6. The normalized spacial score (nSPS) is 13.7. The van der Waals surface area contributed by atoms with E-state index in [1.165, 1.54) is 5.56 Å². The number of hydrogen-bond acceptors (Lipinski definition) is 3. The highest BCUT2D eigenvalue weighted by Crippen LogP contribution is 2.25. The Bertz CT molecular complexity index is 876. The molecule has 1 aromatic carbocycles. The van der Waals surface area contributed by atoms with E-state index in [1.54, 1.807) is 0 Å². The molecule has 0 spiro atoms. The van der Waals surface area contributed by atoms with Crippen LogP contribution in [0.2, 0.25) is 0 Å². The molecule has 3 rings (SSSR count). The van der Waals surface area contributed by atoms with Gasteiger partial charge in [0, 0.05) is 18.8 Å². The molecule has 2 aromatic rings. The summed E-state index contributed by atoms with van der Waals surface area (Å²) >= 11 is 0. The standard InChI is InChI=1S/C23H32N4O2/c1-5-6-14-24-22(29)20-26-19(18-9-7-8-15-27(18)20)21(28)25-17-12-10-16(11-13-17)23(2,3)4/h10-13H,5-9,14-15H2,1-4H3,(H,24,29)(H,25,28). The SMILES string of the molecule is CCCCNC(=O)c1nc(C(=O)Nc2ccc(C(C)(C)C)cc2)c2n1CCCC2. The number of unbranched alkanes of at least 4 members (excludes halogenated alkanes) is 1. The Kier molecular flexibility index (Phi) is 6.40. The van der Waals surface area contributed by atoms with Gasteiger partial charge in [-0.3, -0.25) is 9.59 Å². The van der Waals surface area contributed by atoms with E-state index >= 15 is 0 Å². The van der Waals surface area contributed by atoms with E-state index in [0.29, 0.717) is 18.1 Å². The first-order chi connectivity index (χ1) is 13.8. The van der Waals surface area contributed by atoms with Crippen molar-refractivity contribution in [3.05, 3.63) is 47.0 Å². The summed E-state index contributed by atoms with van der Waals surface area (Å²) in [7, 11) is 0. The number of imidazole rings is 1. The molecule has 0 unspecified atom stereocenters. The lowest BCUT2D eigenvalue weighted by Crippen LogP contribution is -2.28. The number of amides is 2. The molecule has 0 aliphatic carbocycles. The molecule has 1 aliphatic heterocycles. The van der Waals surface area contributed by atoms with Gasteiger partial charge in [-0.1, -0.05) is 46.2 Å². The van der Waals surface area contributed by atoms with Gasteiger partial charge in [-0.25, -0.2) is 4.98 Å². The Morgan fingerprint density at radius 2 is 1.83 bits per heavy atom. The van der Waals surface area contributed by atoms with Gasteiger partial charge in [0.05, 0.1) is 5.69 Å². The van der Waals surface area contributed by atoms with Crippen LogP contribution in [0.1, 0.15) is 85.7 Å². The number of fused-ring (bicyclic) bond motifs is 1. The van der Waals surface area contributed by atoms with Gasteiger partial charge in [0.15, 0.2) is 11.5 Å². The van der Waals surface area contributed by atoms with Gasteiger partial charge >= 0.3 is 0 Å². The largest absolute Gasteiger partial charge is 0.349 e. The molecule has 2 amide bonds. The molecule has 0 radical (unpaired) electrons. The molecule has 156 valence electrons. The highest BCUT2D eigenvalue weighted by atomic mass is 16.2. The van der Waals surface area contributed by atoms with Crippen molar-refractivity contribution in [2.24, 2.45) is 0 Å². The van der Waals surface area contributed by atoms with Gasteiger partial charge in [0.25, 0.3) is 11.8 Å². The van der Waals surface area contributed by atoms with Crippen LogP contribution in [0.4, 0.5) is 5.69 Å². The number of nitrogens with zero attached hydrogens (tertiary/aromatic N) is 2. The molecular formula is C23H32N4O2. The maximum Gasteiger partial charge on any atom is 0.287 e. The zero-order valence-corrected chi connectivity index (χ0v) is 18.0. The first kappa shape index (κ1) is 21.1. The lowest BCUT2D eigenvalue weighted by atomic mass is 9.87. The Balaban J connectivity index is 1.80. The maximum absolute atomic E-state index is 12.9. The molecule has 6 nitrogen and oxygen atoms in total. The average Bonchev–Trinajstić information content (AvgIpc) is 3.08. The molecule has 1 aliphatic rings. The summed E-state index contributed by atoms with van der Waals surface area (Å²) in [5, 5.41) is 5.86. The van der Waals surface area contributed by atoms with Crippen molar-refractivity contribution >= 4 is 17.5 Å². The summed E-state index contributed by atoms with van der Waals surface area (Å²) in [6.45, 7) is 9.91. The molecule has 29 heavy (non-hydrogen) atoms. The van der Waals surface area contributed by atoms with E-state index in [0.717, 1.165) is 50.0 Å². The van der Waals surface area contributed by atoms with Crippen molar-refractivity contribution in [2.45, 2.75) is 71.8 Å². The molecule has 0 saturated carbocycles. The second-order valence-corrected chi connectivity index (χ2v) is 8.73. The Morgan fingerprint density at radius 3 is 2.48 bits per heavy atom. The van der Waals surface area contributed by atoms with Gasteiger partial charge < -0.3 is 15.2 Å². The van der Waals surface area contributed by atoms with Gasteiger partial charge in [-0.15, -0.1) is 0 Å². The monoisotopic (exact) mass is 396 g/mol. The van der Waals surface area contributed by atoms with Crippen LogP contribution in [-0.4, -0.2) is 27.9 Å². The molecule has 0 saturated heterocycles. The second kappa shape index (κ2) is 8.80. The van der Waals surface area contributed by atoms with E-state index < -0.39 is 0 Å². The number of rotatable bonds is 6. The second-order valence-electron chi connectivity index (χ2n) is 8.73. The van der Waals surface area contributed by atoms with E-state index in [4.69, 9.17) is 0 Å². The third-order valence-electron chi connectivity index (χ3n) is 5.36. The quantitative estimate of drug-likeness (QED) is 0.715. The van der Waals surface area contributed by atoms with Crippen molar-refractivity contribution in [3.63, 3.8) is 0 Å². The average molecular weight is 397 g/mol. The van der Waals surface area contributed by atoms with Crippen LogP contribution in [0, 0.1) is 0 Å². The minimum Gasteiger partial charge on any atom is -0.349 e. The molecule has 0 fully saturated rings. The van der Waals surface area contributed by atoms with E-state index in [2.05, 4.69) is 43.3 Å². The number of hydrogen-bond donors (Lipinski definition) is 2. The molecule has 1 aromatic heterocycles. The smallest absolute Gasteiger partial charge is 0.287 e. The fourth-order valence-corrected chi connectivity index (χ4v) is 3.60. The number of benzene rings is 1. The van der Waals surface area contributed by atoms with Gasteiger partial charge in [0.1, 0.15) is 0 Å². The molecular weight excluding hydrogens is 364 g/mol. The molecule has 2 N–H and O–H groups in total. The van der Waals surface area contributed by atoms with Crippen LogP contribution < -0.4 is 10.6 Å². The van der Waals surface area contributed by atoms with Crippen LogP contribution in [0.15, 0.2) is 24.3 Å². The Hall–Kier alpha value is -2.63. The fraction of sp³-hybridized carbons (Fsp3) is 0.522. The van der Waals surface area contributed by atoms with Crippen LogP contribution in [0.25, 0.3) is 0 Å². The van der Waals surface area contributed by atoms with E-state index in [-0.39, 0.29) is 17.2 Å². The third-order valence-corrected chi connectivity index (χ3v) is 5.36. The maximum atomic E-state index is 12.9. The molecule has 2 heterocycles. The fourth-order valence-electron chi connectivity index (χ4n) is 3.60. The number of nitrogens with one attached hydrogen (secondary N) is 2. The summed E-state index contributed by atoms with van der Waals surface area (Å²) in [5.74, 6) is -0.106. The van der Waals surface area contributed by atoms with Crippen LogP contribution >= 0.6 is 0 Å². The zero-order chi connectivity index (χ0) is 21.0. The number of anilines is 1. The van der Waals surface area contributed by atoms with Crippen molar-refractivity contribution in [2.75, 3.05) is 11.9 Å². The lowest BCUT2D eigenvalue weighted by molar-refractivity contribution is 0.0937. The summed E-state index contributed by atoms with van der Waals surface area (Å²) in [6.07, 6.45) is 4.71. The van der Waals surface area contributed by atoms with Crippen LogP contribution in [0.5, 0.6) is 0 Å². The van der Waals surface area contributed by atoms with Crippen molar-refractivity contribution in [1.82, 2.24) is 14.9 Å². The summed E-state index contributed by atoms with van der Waals surface area (Å²) < 4.78 is 1.92. The minimum atomic E-state index is -0.258. The van der Waals surface area contributed by atoms with Crippen LogP contribution in [-0.2, 0) is 18.4 Å². The van der Waals surface area contributed by atoms with E-state index in [9.17, 15) is 9.59 Å². The van der Waals surface area contributed by atoms with E-state index in [1.807, 2.05) is 28.8 Å². The summed E-state index contributed by atoms with van der Waals surface area (Å²) in [4.78, 5) is 30.0. The highest BCUT2D eigenvalue weighted by Gasteiger charge is 2.27. The van der Waals surface area contributed by atoms with Gasteiger partial charge in [-0.05, 0) is 48.8 Å². The molecule has 6 heteroatoms. The predicted octanol–water partition coefficient (Wildman–Crippen LogP) is 4.30. The van der Waals surface area contributed by atoms with Crippen molar-refractivity contribution in [1.29, 1.82) is 0 Å². The van der Waals surface area contributed by atoms with Gasteiger partial charge in [-0.2, -0.15) is 0 Å². The Labute approximate surface area is 173 Å². The van der Waals surface area contributed by atoms with Crippen molar-refractivity contribution < 1.29 is 9.59 Å². The summed E-state index contributed by atoms with van der Waals surface area (Å²) in [5.41, 5.74) is 3.23. The van der Waals surface area contributed by atoms with Crippen LogP contribution in [0.3, 0.4) is 0 Å². The van der Waals surface area contributed by atoms with Crippen molar-refractivity contribution in [3.8, 4) is 0 Å². The highest BCUT2D eigenvalue weighted by molar-refractivity contribution is 6.05. The molecule has 0 atom stereocenters. The third kappa shape index (κ3) is 4.86. The number of aromatic nitrogens is 2. The number of carbonyl (C=O) groups excluding carboxylic acids is 2. The summed E-state index contributed by atoms with van der Waals surface area (Å²) in [6, 6.07) is 7.90. The lowest BCUT2D eigenvalue weighted by Gasteiger charge is -2.19. The topological polar surface area (TPSA) is 76.0 Å².